The molecule has 3 N–H and O–H groups in total. The molecule has 0 aliphatic carbocycles. The molecule has 5 rings (SSSR count). The Morgan fingerprint density at radius 2 is 1.85 bits per heavy atom. The molecule has 3 aromatic carbocycles. The smallest absolute Gasteiger partial charge is 0.152 e. The summed E-state index contributed by atoms with van der Waals surface area (Å²) in [7, 11) is 0. The Morgan fingerprint density at radius 3 is 2.69 bits per heavy atom. The first-order valence-electron chi connectivity index (χ1n) is 14.1. The molecule has 0 amide bonds. The summed E-state index contributed by atoms with van der Waals surface area (Å²) in [5.74, 6) is 3.94. The summed E-state index contributed by atoms with van der Waals surface area (Å²) >= 11 is 1.78. The summed E-state index contributed by atoms with van der Waals surface area (Å²) in [5, 5.41) is 3.74. The standard InChI is InChI=1S/C32H39N5OS/c1-4-9-29-36-30-31(37(29)21-22(2)3)27-15-14-25(20-28(27)35-32(30)33)38-18-8-17-34-39-19-16-24-12-7-11-23-10-5-6-13-26(23)24/h5-7,10-15,20,22,34H,4,8-9,16-19,21H2,1-3H3,(H2,33,35). The van der Waals surface area contributed by atoms with Crippen LogP contribution in [0.4, 0.5) is 5.82 Å². The zero-order chi connectivity index (χ0) is 27.2. The third-order valence-electron chi connectivity index (χ3n) is 6.92. The number of benzene rings is 3. The fourth-order valence-electron chi connectivity index (χ4n) is 5.15. The van der Waals surface area contributed by atoms with E-state index in [0.717, 1.165) is 78.0 Å². The molecule has 0 unspecified atom stereocenters. The number of aryl methyl sites for hydroxylation is 2. The second kappa shape index (κ2) is 12.7. The van der Waals surface area contributed by atoms with Crippen molar-refractivity contribution in [3.63, 3.8) is 0 Å². The number of nitrogens with two attached hydrogens (primary N) is 1. The second-order valence-electron chi connectivity index (χ2n) is 10.5. The summed E-state index contributed by atoms with van der Waals surface area (Å²) in [6.07, 6.45) is 3.95. The van der Waals surface area contributed by atoms with Crippen LogP contribution in [-0.4, -0.2) is 33.4 Å². The van der Waals surface area contributed by atoms with Gasteiger partial charge in [-0.1, -0.05) is 75.2 Å². The normalized spacial score (nSPS) is 11.8. The van der Waals surface area contributed by atoms with E-state index in [-0.39, 0.29) is 0 Å². The Balaban J connectivity index is 1.15. The average Bonchev–Trinajstić information content (AvgIpc) is 3.28. The van der Waals surface area contributed by atoms with Gasteiger partial charge in [-0.3, -0.25) is 4.72 Å². The predicted octanol–water partition coefficient (Wildman–Crippen LogP) is 7.18. The molecule has 2 heterocycles. The van der Waals surface area contributed by atoms with E-state index in [4.69, 9.17) is 15.5 Å². The summed E-state index contributed by atoms with van der Waals surface area (Å²) < 4.78 is 11.9. The summed E-state index contributed by atoms with van der Waals surface area (Å²) in [5.41, 5.74) is 10.5. The molecule has 0 aliphatic heterocycles. The molecule has 2 aromatic heterocycles. The number of pyridine rings is 1. The van der Waals surface area contributed by atoms with Gasteiger partial charge in [-0.15, -0.1) is 0 Å². The molecule has 6 nitrogen and oxygen atoms in total. The number of nitrogens with zero attached hydrogens (tertiary/aromatic N) is 3. The third kappa shape index (κ3) is 6.31. The van der Waals surface area contributed by atoms with E-state index in [1.165, 1.54) is 16.3 Å². The lowest BCUT2D eigenvalue weighted by Crippen LogP contribution is -2.11. The van der Waals surface area contributed by atoms with Crippen LogP contribution in [0.2, 0.25) is 0 Å². The minimum Gasteiger partial charge on any atom is -0.493 e. The summed E-state index contributed by atoms with van der Waals surface area (Å²) in [6.45, 7) is 9.11. The Bertz CT molecular complexity index is 1560. The first-order chi connectivity index (χ1) is 19.0. The van der Waals surface area contributed by atoms with E-state index in [0.29, 0.717) is 18.3 Å². The SMILES string of the molecule is CCCc1nc2c(N)nc3cc(OCCCNSCCc4cccc5ccccc45)ccc3c2n1CC(C)C. The molecule has 204 valence electrons. The first kappa shape index (κ1) is 27.3. The van der Waals surface area contributed by atoms with E-state index in [9.17, 15) is 0 Å². The molecule has 0 atom stereocenters. The predicted molar refractivity (Wildman–Crippen MR) is 167 cm³/mol. The van der Waals surface area contributed by atoms with Crippen molar-refractivity contribution in [2.24, 2.45) is 5.92 Å². The monoisotopic (exact) mass is 541 g/mol. The highest BCUT2D eigenvalue weighted by atomic mass is 32.2. The van der Waals surface area contributed by atoms with Crippen molar-refractivity contribution >= 4 is 50.5 Å². The van der Waals surface area contributed by atoms with Gasteiger partial charge >= 0.3 is 0 Å². The minimum atomic E-state index is 0.485. The maximum absolute atomic E-state index is 6.39. The third-order valence-corrected chi connectivity index (χ3v) is 7.74. The Kier molecular flexibility index (Phi) is 8.89. The average molecular weight is 542 g/mol. The number of hydrogen-bond acceptors (Lipinski definition) is 6. The Labute approximate surface area is 235 Å². The highest BCUT2D eigenvalue weighted by Crippen LogP contribution is 2.32. The number of fused-ring (bicyclic) bond motifs is 4. The minimum absolute atomic E-state index is 0.485. The maximum atomic E-state index is 6.39. The van der Waals surface area contributed by atoms with Crippen LogP contribution >= 0.6 is 11.9 Å². The Hall–Kier alpha value is -3.29. The number of hydrogen-bond donors (Lipinski definition) is 2. The van der Waals surface area contributed by atoms with Crippen LogP contribution in [0.1, 0.15) is 45.0 Å². The second-order valence-corrected chi connectivity index (χ2v) is 11.5. The molecule has 7 heteroatoms. The van der Waals surface area contributed by atoms with Gasteiger partial charge in [-0.05, 0) is 53.6 Å². The molecular weight excluding hydrogens is 502 g/mol. The number of nitrogens with one attached hydrogen (secondary N) is 1. The van der Waals surface area contributed by atoms with Gasteiger partial charge < -0.3 is 15.0 Å². The van der Waals surface area contributed by atoms with Crippen LogP contribution in [0.25, 0.3) is 32.7 Å². The van der Waals surface area contributed by atoms with E-state index < -0.39 is 0 Å². The van der Waals surface area contributed by atoms with Crippen molar-refractivity contribution in [2.75, 3.05) is 24.6 Å². The molecule has 0 saturated carbocycles. The fraction of sp³-hybridized carbons (Fsp3) is 0.375. The number of aromatic nitrogens is 3. The first-order valence-corrected chi connectivity index (χ1v) is 15.1. The van der Waals surface area contributed by atoms with Gasteiger partial charge in [0.25, 0.3) is 0 Å². The molecule has 0 radical (unpaired) electrons. The highest BCUT2D eigenvalue weighted by Gasteiger charge is 2.18. The largest absolute Gasteiger partial charge is 0.493 e. The van der Waals surface area contributed by atoms with Crippen molar-refractivity contribution in [1.82, 2.24) is 19.3 Å². The van der Waals surface area contributed by atoms with Crippen molar-refractivity contribution in [3.05, 3.63) is 72.1 Å². The molecular formula is C32H39N5OS. The van der Waals surface area contributed by atoms with Crippen LogP contribution in [0.15, 0.2) is 60.7 Å². The van der Waals surface area contributed by atoms with Crippen LogP contribution in [0.5, 0.6) is 5.75 Å². The van der Waals surface area contributed by atoms with Crippen LogP contribution < -0.4 is 15.2 Å². The topological polar surface area (TPSA) is 78.0 Å². The lowest BCUT2D eigenvalue weighted by Gasteiger charge is -2.13. The molecule has 0 bridgehead atoms. The number of ether oxygens (including phenoxy) is 1. The number of nitrogen functional groups attached to an aromatic ring is 1. The fourth-order valence-corrected chi connectivity index (χ4v) is 5.91. The molecule has 0 aliphatic rings. The highest BCUT2D eigenvalue weighted by molar-refractivity contribution is 7.97. The van der Waals surface area contributed by atoms with Gasteiger partial charge in [0.05, 0.1) is 17.6 Å². The van der Waals surface area contributed by atoms with Crippen molar-refractivity contribution in [1.29, 1.82) is 0 Å². The zero-order valence-electron chi connectivity index (χ0n) is 23.2. The van der Waals surface area contributed by atoms with E-state index >= 15 is 0 Å². The molecule has 0 fully saturated rings. The van der Waals surface area contributed by atoms with Gasteiger partial charge in [-0.25, -0.2) is 9.97 Å². The summed E-state index contributed by atoms with van der Waals surface area (Å²) in [4.78, 5) is 9.57. The molecule has 0 saturated heterocycles. The van der Waals surface area contributed by atoms with Gasteiger partial charge in [0.15, 0.2) is 5.82 Å². The Morgan fingerprint density at radius 1 is 1.00 bits per heavy atom. The summed E-state index contributed by atoms with van der Waals surface area (Å²) in [6, 6.07) is 21.3. The lowest BCUT2D eigenvalue weighted by atomic mass is 10.0. The van der Waals surface area contributed by atoms with Crippen molar-refractivity contribution < 1.29 is 4.74 Å². The molecule has 39 heavy (non-hydrogen) atoms. The maximum Gasteiger partial charge on any atom is 0.152 e. The van der Waals surface area contributed by atoms with Crippen LogP contribution in [0, 0.1) is 5.92 Å². The number of anilines is 1. The zero-order valence-corrected chi connectivity index (χ0v) is 24.1. The molecule has 0 spiro atoms. The van der Waals surface area contributed by atoms with Crippen LogP contribution in [0.3, 0.4) is 0 Å². The number of imidazole rings is 1. The lowest BCUT2D eigenvalue weighted by molar-refractivity contribution is 0.312. The van der Waals surface area contributed by atoms with Gasteiger partial charge in [0.1, 0.15) is 17.1 Å². The van der Waals surface area contributed by atoms with Crippen molar-refractivity contribution in [2.45, 2.75) is 53.0 Å². The van der Waals surface area contributed by atoms with Crippen LogP contribution in [-0.2, 0) is 19.4 Å². The van der Waals surface area contributed by atoms with Gasteiger partial charge in [0.2, 0.25) is 0 Å². The van der Waals surface area contributed by atoms with Gasteiger partial charge in [0, 0.05) is 36.7 Å². The van der Waals surface area contributed by atoms with E-state index in [2.05, 4.69) is 83.6 Å². The van der Waals surface area contributed by atoms with Gasteiger partial charge in [-0.2, -0.15) is 0 Å². The number of rotatable bonds is 13. The van der Waals surface area contributed by atoms with E-state index in [1.54, 1.807) is 11.9 Å². The quantitative estimate of drug-likeness (QED) is 0.121. The van der Waals surface area contributed by atoms with Crippen molar-refractivity contribution in [3.8, 4) is 5.75 Å². The molecule has 5 aromatic rings. The van der Waals surface area contributed by atoms with E-state index in [1.807, 2.05) is 12.1 Å².